The summed E-state index contributed by atoms with van der Waals surface area (Å²) in [6.07, 6.45) is 7.59. The minimum absolute atomic E-state index is 0.220. The molecule has 1 saturated carbocycles. The number of nitrogens with one attached hydrogen (secondary N) is 1. The van der Waals surface area contributed by atoms with Crippen molar-refractivity contribution < 1.29 is 5.11 Å². The van der Waals surface area contributed by atoms with Gasteiger partial charge in [-0.2, -0.15) is 0 Å². The largest absolute Gasteiger partial charge is 0.396 e. The normalized spacial score (nSPS) is 20.0. The van der Waals surface area contributed by atoms with Gasteiger partial charge < -0.3 is 10.4 Å². The lowest BCUT2D eigenvalue weighted by molar-refractivity contribution is 0.128. The molecule has 0 saturated heterocycles. The Balaban J connectivity index is 2.07. The van der Waals surface area contributed by atoms with Gasteiger partial charge in [-0.25, -0.2) is 0 Å². The fourth-order valence-corrected chi connectivity index (χ4v) is 2.50. The molecule has 1 aliphatic carbocycles. The van der Waals surface area contributed by atoms with Crippen LogP contribution in [0.25, 0.3) is 0 Å². The van der Waals surface area contributed by atoms with E-state index in [1.54, 1.807) is 0 Å². The topological polar surface area (TPSA) is 32.3 Å². The second-order valence-electron chi connectivity index (χ2n) is 5.58. The average Bonchev–Trinajstić information content (AvgIpc) is 2.66. The SMILES string of the molecule is CC(C)CCCNCC1(CO)CCCC1. The van der Waals surface area contributed by atoms with Gasteiger partial charge >= 0.3 is 0 Å². The van der Waals surface area contributed by atoms with Crippen molar-refractivity contribution in [1.29, 1.82) is 0 Å². The van der Waals surface area contributed by atoms with Crippen molar-refractivity contribution in [2.75, 3.05) is 19.7 Å². The molecule has 0 atom stereocenters. The average molecular weight is 213 g/mol. The zero-order chi connectivity index (χ0) is 11.1. The van der Waals surface area contributed by atoms with Gasteiger partial charge in [0.2, 0.25) is 0 Å². The van der Waals surface area contributed by atoms with Crippen LogP contribution in [-0.2, 0) is 0 Å². The molecule has 0 spiro atoms. The van der Waals surface area contributed by atoms with Crippen molar-refractivity contribution in [2.45, 2.75) is 52.4 Å². The fraction of sp³-hybridized carbons (Fsp3) is 1.00. The van der Waals surface area contributed by atoms with Crippen LogP contribution in [-0.4, -0.2) is 24.8 Å². The smallest absolute Gasteiger partial charge is 0.0499 e. The van der Waals surface area contributed by atoms with E-state index >= 15 is 0 Å². The molecule has 0 aliphatic heterocycles. The van der Waals surface area contributed by atoms with E-state index in [0.29, 0.717) is 6.61 Å². The summed E-state index contributed by atoms with van der Waals surface area (Å²) in [4.78, 5) is 0. The van der Waals surface area contributed by atoms with Gasteiger partial charge in [-0.15, -0.1) is 0 Å². The molecular formula is C13H27NO. The highest BCUT2D eigenvalue weighted by molar-refractivity contribution is 4.85. The Labute approximate surface area is 94.5 Å². The van der Waals surface area contributed by atoms with Crippen molar-refractivity contribution in [3.8, 4) is 0 Å². The van der Waals surface area contributed by atoms with Crippen LogP contribution in [0.2, 0.25) is 0 Å². The summed E-state index contributed by atoms with van der Waals surface area (Å²) in [5.41, 5.74) is 0.220. The third kappa shape index (κ3) is 4.52. The summed E-state index contributed by atoms with van der Waals surface area (Å²) in [6.45, 7) is 7.03. The highest BCUT2D eigenvalue weighted by Gasteiger charge is 2.32. The fourth-order valence-electron chi connectivity index (χ4n) is 2.50. The first-order valence-corrected chi connectivity index (χ1v) is 6.50. The molecule has 0 heterocycles. The van der Waals surface area contributed by atoms with E-state index < -0.39 is 0 Å². The Hall–Kier alpha value is -0.0800. The monoisotopic (exact) mass is 213 g/mol. The van der Waals surface area contributed by atoms with Gasteiger partial charge in [0.1, 0.15) is 0 Å². The number of aliphatic hydroxyl groups is 1. The molecule has 1 aliphatic rings. The maximum atomic E-state index is 9.42. The van der Waals surface area contributed by atoms with Gasteiger partial charge in [0.15, 0.2) is 0 Å². The Morgan fingerprint density at radius 3 is 2.47 bits per heavy atom. The molecular weight excluding hydrogens is 186 g/mol. The molecule has 15 heavy (non-hydrogen) atoms. The molecule has 0 aromatic heterocycles. The Morgan fingerprint density at radius 2 is 1.93 bits per heavy atom. The molecule has 2 heteroatoms. The van der Waals surface area contributed by atoms with Crippen LogP contribution in [0, 0.1) is 11.3 Å². The number of hydrogen-bond acceptors (Lipinski definition) is 2. The third-order valence-electron chi connectivity index (χ3n) is 3.63. The molecule has 0 bridgehead atoms. The second-order valence-corrected chi connectivity index (χ2v) is 5.58. The van der Waals surface area contributed by atoms with E-state index in [1.807, 2.05) is 0 Å². The lowest BCUT2D eigenvalue weighted by atomic mass is 9.87. The third-order valence-corrected chi connectivity index (χ3v) is 3.63. The van der Waals surface area contributed by atoms with E-state index in [9.17, 15) is 5.11 Å². The molecule has 0 amide bonds. The first-order chi connectivity index (χ1) is 7.18. The van der Waals surface area contributed by atoms with Crippen LogP contribution in [0.5, 0.6) is 0 Å². The Morgan fingerprint density at radius 1 is 1.27 bits per heavy atom. The lowest BCUT2D eigenvalue weighted by Crippen LogP contribution is -2.35. The van der Waals surface area contributed by atoms with E-state index in [2.05, 4.69) is 19.2 Å². The first kappa shape index (κ1) is 13.0. The van der Waals surface area contributed by atoms with Crippen LogP contribution in [0.4, 0.5) is 0 Å². The van der Waals surface area contributed by atoms with Gasteiger partial charge in [-0.1, -0.05) is 26.7 Å². The number of rotatable bonds is 7. The standard InChI is InChI=1S/C13H27NO/c1-12(2)6-5-9-14-10-13(11-15)7-3-4-8-13/h12,14-15H,3-11H2,1-2H3. The minimum Gasteiger partial charge on any atom is -0.396 e. The molecule has 0 aromatic carbocycles. The summed E-state index contributed by atoms with van der Waals surface area (Å²) >= 11 is 0. The zero-order valence-electron chi connectivity index (χ0n) is 10.4. The van der Waals surface area contributed by atoms with Crippen molar-refractivity contribution in [3.05, 3.63) is 0 Å². The van der Waals surface area contributed by atoms with Gasteiger partial charge in [0.25, 0.3) is 0 Å². The van der Waals surface area contributed by atoms with Crippen LogP contribution >= 0.6 is 0 Å². The highest BCUT2D eigenvalue weighted by atomic mass is 16.3. The summed E-state index contributed by atoms with van der Waals surface area (Å²) in [6, 6.07) is 0. The van der Waals surface area contributed by atoms with Crippen LogP contribution in [0.3, 0.4) is 0 Å². The van der Waals surface area contributed by atoms with Crippen molar-refractivity contribution in [3.63, 3.8) is 0 Å². The molecule has 2 N–H and O–H groups in total. The predicted octanol–water partition coefficient (Wildman–Crippen LogP) is 2.56. The first-order valence-electron chi connectivity index (χ1n) is 6.50. The quantitative estimate of drug-likeness (QED) is 0.637. The van der Waals surface area contributed by atoms with E-state index in [-0.39, 0.29) is 5.41 Å². The zero-order valence-corrected chi connectivity index (χ0v) is 10.4. The molecule has 2 nitrogen and oxygen atoms in total. The lowest BCUT2D eigenvalue weighted by Gasteiger charge is -2.26. The van der Waals surface area contributed by atoms with Crippen LogP contribution in [0.15, 0.2) is 0 Å². The Kier molecular flexibility index (Phi) is 5.62. The van der Waals surface area contributed by atoms with Gasteiger partial charge in [0.05, 0.1) is 0 Å². The van der Waals surface area contributed by atoms with Crippen molar-refractivity contribution in [1.82, 2.24) is 5.32 Å². The molecule has 0 radical (unpaired) electrons. The van der Waals surface area contributed by atoms with Gasteiger partial charge in [0, 0.05) is 18.6 Å². The van der Waals surface area contributed by atoms with E-state index in [0.717, 1.165) is 19.0 Å². The number of aliphatic hydroxyl groups excluding tert-OH is 1. The van der Waals surface area contributed by atoms with E-state index in [1.165, 1.54) is 38.5 Å². The molecule has 90 valence electrons. The van der Waals surface area contributed by atoms with Crippen LogP contribution < -0.4 is 5.32 Å². The van der Waals surface area contributed by atoms with Crippen LogP contribution in [0.1, 0.15) is 52.4 Å². The molecule has 1 rings (SSSR count). The van der Waals surface area contributed by atoms with Gasteiger partial charge in [-0.3, -0.25) is 0 Å². The summed E-state index contributed by atoms with van der Waals surface area (Å²) in [5, 5.41) is 12.9. The predicted molar refractivity (Wildman–Crippen MR) is 64.9 cm³/mol. The second kappa shape index (κ2) is 6.49. The summed E-state index contributed by atoms with van der Waals surface area (Å²) in [5.74, 6) is 0.810. The minimum atomic E-state index is 0.220. The maximum Gasteiger partial charge on any atom is 0.0499 e. The van der Waals surface area contributed by atoms with Crippen molar-refractivity contribution in [2.24, 2.45) is 11.3 Å². The highest BCUT2D eigenvalue weighted by Crippen LogP contribution is 2.36. The number of hydrogen-bond donors (Lipinski definition) is 2. The van der Waals surface area contributed by atoms with Crippen molar-refractivity contribution >= 4 is 0 Å². The van der Waals surface area contributed by atoms with E-state index in [4.69, 9.17) is 0 Å². The summed E-state index contributed by atoms with van der Waals surface area (Å²) in [7, 11) is 0. The molecule has 0 aromatic rings. The molecule has 0 unspecified atom stereocenters. The molecule has 1 fully saturated rings. The Bertz CT molecular complexity index is 162. The van der Waals surface area contributed by atoms with Gasteiger partial charge in [-0.05, 0) is 38.1 Å². The summed E-state index contributed by atoms with van der Waals surface area (Å²) < 4.78 is 0. The maximum absolute atomic E-state index is 9.42.